The lowest BCUT2D eigenvalue weighted by Crippen LogP contribution is -2.13. The number of aromatic nitrogens is 2. The van der Waals surface area contributed by atoms with Gasteiger partial charge < -0.3 is 5.32 Å². The Bertz CT molecular complexity index is 879. The van der Waals surface area contributed by atoms with Crippen LogP contribution in [0.5, 0.6) is 0 Å². The van der Waals surface area contributed by atoms with Crippen LogP contribution >= 0.6 is 39.1 Å². The molecule has 3 aromatic rings. The van der Waals surface area contributed by atoms with Crippen LogP contribution in [0.1, 0.15) is 10.4 Å². The maximum absolute atomic E-state index is 12.3. The monoisotopic (exact) mass is 409 g/mol. The molecule has 1 amide bonds. The molecule has 0 saturated carbocycles. The van der Waals surface area contributed by atoms with Gasteiger partial charge in [0.05, 0.1) is 21.3 Å². The van der Waals surface area contributed by atoms with E-state index in [1.165, 1.54) is 0 Å². The first-order valence-corrected chi connectivity index (χ1v) is 8.16. The number of anilines is 1. The minimum atomic E-state index is -0.239. The smallest absolute Gasteiger partial charge is 0.258 e. The van der Waals surface area contributed by atoms with Gasteiger partial charge in [0, 0.05) is 16.7 Å². The fourth-order valence-corrected chi connectivity index (χ4v) is 2.75. The summed E-state index contributed by atoms with van der Waals surface area (Å²) >= 11 is 15.3. The van der Waals surface area contributed by atoms with Crippen LogP contribution < -0.4 is 5.32 Å². The summed E-state index contributed by atoms with van der Waals surface area (Å²) in [6, 6.07) is 14.1. The van der Waals surface area contributed by atoms with E-state index in [9.17, 15) is 4.79 Å². The Balaban J connectivity index is 1.81. The zero-order valence-corrected chi connectivity index (χ0v) is 14.7. The number of nitrogens with zero attached hydrogens (tertiary/aromatic N) is 2. The third kappa shape index (κ3) is 3.58. The Morgan fingerprint density at radius 1 is 1.09 bits per heavy atom. The van der Waals surface area contributed by atoms with Gasteiger partial charge in [-0.1, -0.05) is 35.3 Å². The van der Waals surface area contributed by atoms with Crippen LogP contribution in [0.4, 0.5) is 5.82 Å². The Kier molecular flexibility index (Phi) is 4.71. The Morgan fingerprint density at radius 3 is 2.61 bits per heavy atom. The van der Waals surface area contributed by atoms with Gasteiger partial charge in [0.2, 0.25) is 0 Å². The van der Waals surface area contributed by atoms with Crippen molar-refractivity contribution in [3.05, 3.63) is 74.8 Å². The van der Waals surface area contributed by atoms with Crippen LogP contribution in [0, 0.1) is 0 Å². The lowest BCUT2D eigenvalue weighted by atomic mass is 10.2. The summed E-state index contributed by atoms with van der Waals surface area (Å²) in [5, 5.41) is 7.99. The number of carbonyl (C=O) groups excluding carboxylic acids is 1. The first-order valence-electron chi connectivity index (χ1n) is 6.61. The maximum atomic E-state index is 12.3. The number of amides is 1. The molecule has 0 spiro atoms. The average molecular weight is 411 g/mol. The molecule has 2 aromatic carbocycles. The fourth-order valence-electron chi connectivity index (χ4n) is 1.99. The van der Waals surface area contributed by atoms with Gasteiger partial charge >= 0.3 is 0 Å². The summed E-state index contributed by atoms with van der Waals surface area (Å²) in [7, 11) is 0. The van der Waals surface area contributed by atoms with Crippen LogP contribution in [0.3, 0.4) is 0 Å². The van der Waals surface area contributed by atoms with E-state index in [1.54, 1.807) is 47.3 Å². The minimum absolute atomic E-state index is 0.239. The van der Waals surface area contributed by atoms with Gasteiger partial charge in [-0.3, -0.25) is 4.79 Å². The molecule has 0 aliphatic carbocycles. The number of halogens is 3. The SMILES string of the molecule is O=C(Nc1ccn(-c2ccc(Cl)c(Cl)c2)n1)c1ccccc1Br. The molecule has 1 N–H and O–H groups in total. The highest BCUT2D eigenvalue weighted by Crippen LogP contribution is 2.24. The van der Waals surface area contributed by atoms with Crippen molar-refractivity contribution >= 4 is 50.9 Å². The van der Waals surface area contributed by atoms with Crippen molar-refractivity contribution in [1.82, 2.24) is 9.78 Å². The molecule has 0 fully saturated rings. The minimum Gasteiger partial charge on any atom is -0.305 e. The van der Waals surface area contributed by atoms with Crippen LogP contribution in [0.2, 0.25) is 10.0 Å². The molecule has 0 radical (unpaired) electrons. The maximum Gasteiger partial charge on any atom is 0.258 e. The first-order chi connectivity index (χ1) is 11.0. The van der Waals surface area contributed by atoms with Crippen LogP contribution in [0.15, 0.2) is 59.2 Å². The van der Waals surface area contributed by atoms with Gasteiger partial charge in [0.15, 0.2) is 5.82 Å². The lowest BCUT2D eigenvalue weighted by molar-refractivity contribution is 0.102. The van der Waals surface area contributed by atoms with E-state index in [2.05, 4.69) is 26.3 Å². The van der Waals surface area contributed by atoms with Crippen molar-refractivity contribution in [2.45, 2.75) is 0 Å². The molecule has 1 aromatic heterocycles. The standard InChI is InChI=1S/C16H10BrCl2N3O/c17-12-4-2-1-3-11(12)16(23)20-15-7-8-22(21-15)10-5-6-13(18)14(19)9-10/h1-9H,(H,20,21,23). The van der Waals surface area contributed by atoms with Crippen LogP contribution in [-0.4, -0.2) is 15.7 Å². The van der Waals surface area contributed by atoms with Gasteiger partial charge in [-0.25, -0.2) is 4.68 Å². The number of carbonyl (C=O) groups is 1. The summed E-state index contributed by atoms with van der Waals surface area (Å²) in [6.07, 6.45) is 1.73. The number of benzene rings is 2. The topological polar surface area (TPSA) is 46.9 Å². The van der Waals surface area contributed by atoms with Crippen LogP contribution in [-0.2, 0) is 0 Å². The summed E-state index contributed by atoms with van der Waals surface area (Å²) in [5.41, 5.74) is 1.29. The van der Waals surface area contributed by atoms with E-state index >= 15 is 0 Å². The van der Waals surface area contributed by atoms with E-state index in [1.807, 2.05) is 12.1 Å². The van der Waals surface area contributed by atoms with Gasteiger partial charge in [-0.2, -0.15) is 5.10 Å². The number of hydrogen-bond donors (Lipinski definition) is 1. The predicted molar refractivity (Wildman–Crippen MR) is 95.7 cm³/mol. The molecule has 23 heavy (non-hydrogen) atoms. The van der Waals surface area contributed by atoms with E-state index in [0.717, 1.165) is 10.2 Å². The third-order valence-corrected chi connectivity index (χ3v) is 4.55. The molecular weight excluding hydrogens is 401 g/mol. The highest BCUT2D eigenvalue weighted by Gasteiger charge is 2.11. The van der Waals surface area contributed by atoms with E-state index in [-0.39, 0.29) is 5.91 Å². The quantitative estimate of drug-likeness (QED) is 0.645. The fraction of sp³-hybridized carbons (Fsp3) is 0. The summed E-state index contributed by atoms with van der Waals surface area (Å²) < 4.78 is 2.33. The summed E-state index contributed by atoms with van der Waals surface area (Å²) in [4.78, 5) is 12.3. The van der Waals surface area contributed by atoms with E-state index in [0.29, 0.717) is 21.4 Å². The highest BCUT2D eigenvalue weighted by molar-refractivity contribution is 9.10. The Morgan fingerprint density at radius 2 is 1.87 bits per heavy atom. The molecule has 0 saturated heterocycles. The van der Waals surface area contributed by atoms with Gasteiger partial charge in [0.25, 0.3) is 5.91 Å². The van der Waals surface area contributed by atoms with Crippen molar-refractivity contribution in [2.24, 2.45) is 0 Å². The lowest BCUT2D eigenvalue weighted by Gasteiger charge is -2.05. The molecule has 0 aliphatic rings. The van der Waals surface area contributed by atoms with Crippen molar-refractivity contribution in [3.8, 4) is 5.69 Å². The molecule has 1 heterocycles. The molecule has 4 nitrogen and oxygen atoms in total. The normalized spacial score (nSPS) is 10.6. The van der Waals surface area contributed by atoms with Crippen molar-refractivity contribution < 1.29 is 4.79 Å². The second-order valence-corrected chi connectivity index (χ2v) is 6.35. The van der Waals surface area contributed by atoms with Crippen molar-refractivity contribution in [2.75, 3.05) is 5.32 Å². The largest absolute Gasteiger partial charge is 0.305 e. The molecule has 0 atom stereocenters. The van der Waals surface area contributed by atoms with Gasteiger partial charge in [0.1, 0.15) is 0 Å². The molecule has 3 rings (SSSR count). The Hall–Kier alpha value is -1.82. The summed E-state index contributed by atoms with van der Waals surface area (Å²) in [5.74, 6) is 0.202. The Labute approximate surface area is 151 Å². The highest BCUT2D eigenvalue weighted by atomic mass is 79.9. The van der Waals surface area contributed by atoms with Crippen LogP contribution in [0.25, 0.3) is 5.69 Å². The van der Waals surface area contributed by atoms with Crippen molar-refractivity contribution in [1.29, 1.82) is 0 Å². The van der Waals surface area contributed by atoms with Crippen molar-refractivity contribution in [3.63, 3.8) is 0 Å². The second kappa shape index (κ2) is 6.74. The number of nitrogens with one attached hydrogen (secondary N) is 1. The van der Waals surface area contributed by atoms with Gasteiger partial charge in [-0.05, 0) is 46.3 Å². The summed E-state index contributed by atoms with van der Waals surface area (Å²) in [6.45, 7) is 0. The molecule has 116 valence electrons. The van der Waals surface area contributed by atoms with E-state index < -0.39 is 0 Å². The number of hydrogen-bond acceptors (Lipinski definition) is 2. The number of rotatable bonds is 3. The van der Waals surface area contributed by atoms with Gasteiger partial charge in [-0.15, -0.1) is 0 Å². The average Bonchev–Trinajstić information content (AvgIpc) is 2.99. The molecular formula is C16H10BrCl2N3O. The molecule has 0 unspecified atom stereocenters. The zero-order chi connectivity index (χ0) is 16.4. The predicted octanol–water partition coefficient (Wildman–Crippen LogP) is 5.19. The molecule has 7 heteroatoms. The second-order valence-electron chi connectivity index (χ2n) is 4.68. The van der Waals surface area contributed by atoms with E-state index in [4.69, 9.17) is 23.2 Å². The zero-order valence-electron chi connectivity index (χ0n) is 11.6. The third-order valence-electron chi connectivity index (χ3n) is 3.12. The first kappa shape index (κ1) is 16.1. The molecule has 0 bridgehead atoms. The molecule has 0 aliphatic heterocycles.